The van der Waals surface area contributed by atoms with Crippen molar-refractivity contribution in [3.8, 4) is 0 Å². The third kappa shape index (κ3) is 8.68. The van der Waals surface area contributed by atoms with Gasteiger partial charge in [0.25, 0.3) is 0 Å². The Morgan fingerprint density at radius 1 is 0.850 bits per heavy atom. The van der Waals surface area contributed by atoms with Crippen LogP contribution >= 0.6 is 0 Å². The molecule has 0 aliphatic rings. The number of carbonyl (C=O) groups excluding carboxylic acids is 2. The number of amides is 2. The molecule has 0 spiro atoms. The van der Waals surface area contributed by atoms with Crippen LogP contribution in [-0.2, 0) is 32.6 Å². The highest BCUT2D eigenvalue weighted by molar-refractivity contribution is 7.92. The lowest BCUT2D eigenvalue weighted by atomic mass is 10.0. The van der Waals surface area contributed by atoms with Gasteiger partial charge in [0.05, 0.1) is 11.9 Å². The van der Waals surface area contributed by atoms with Gasteiger partial charge in [-0.15, -0.1) is 0 Å². The minimum atomic E-state index is -3.81. The maximum Gasteiger partial charge on any atom is 0.244 e. The first-order valence-corrected chi connectivity index (χ1v) is 15.7. The molecule has 3 aromatic carbocycles. The summed E-state index contributed by atoms with van der Waals surface area (Å²) in [5, 5.41) is 3.00. The van der Waals surface area contributed by atoms with Crippen LogP contribution in [0.2, 0.25) is 0 Å². The zero-order valence-electron chi connectivity index (χ0n) is 23.9. The fourth-order valence-electron chi connectivity index (χ4n) is 4.64. The van der Waals surface area contributed by atoms with Gasteiger partial charge in [-0.25, -0.2) is 8.42 Å². The summed E-state index contributed by atoms with van der Waals surface area (Å²) in [5.41, 5.74) is 3.06. The molecule has 0 aliphatic carbocycles. The molecule has 0 radical (unpaired) electrons. The Balaban J connectivity index is 2.05. The monoisotopic (exact) mass is 563 g/mol. The molecule has 40 heavy (non-hydrogen) atoms. The molecule has 214 valence electrons. The molecule has 0 fully saturated rings. The highest BCUT2D eigenvalue weighted by Crippen LogP contribution is 2.29. The van der Waals surface area contributed by atoms with E-state index in [4.69, 9.17) is 0 Å². The normalized spacial score (nSPS) is 12.1. The Morgan fingerprint density at radius 2 is 1.43 bits per heavy atom. The minimum Gasteiger partial charge on any atom is -0.354 e. The minimum absolute atomic E-state index is 0.0474. The van der Waals surface area contributed by atoms with E-state index in [1.165, 1.54) is 4.90 Å². The zero-order chi connectivity index (χ0) is 29.1. The van der Waals surface area contributed by atoms with Gasteiger partial charge < -0.3 is 10.2 Å². The molecule has 0 heterocycles. The number of hydrogen-bond acceptors (Lipinski definition) is 4. The van der Waals surface area contributed by atoms with Crippen LogP contribution in [0.4, 0.5) is 5.69 Å². The summed E-state index contributed by atoms with van der Waals surface area (Å²) in [6.45, 7) is 6.28. The molecule has 0 unspecified atom stereocenters. The Kier molecular flexibility index (Phi) is 11.3. The van der Waals surface area contributed by atoms with E-state index in [0.29, 0.717) is 18.7 Å². The predicted octanol–water partition coefficient (Wildman–Crippen LogP) is 5.13. The second-order valence-corrected chi connectivity index (χ2v) is 12.2. The van der Waals surface area contributed by atoms with Crippen LogP contribution in [0.1, 0.15) is 56.2 Å². The van der Waals surface area contributed by atoms with Crippen LogP contribution in [0.3, 0.4) is 0 Å². The van der Waals surface area contributed by atoms with Gasteiger partial charge in [0, 0.05) is 19.5 Å². The Morgan fingerprint density at radius 3 is 2.00 bits per heavy atom. The van der Waals surface area contributed by atoms with Crippen LogP contribution < -0.4 is 9.62 Å². The number of sulfonamides is 1. The molecule has 3 rings (SSSR count). The standard InChI is InChI=1S/C32H41N3O4S/c1-5-6-21-33-32(37)30(22-26-15-9-7-10-16-26)34(23-27-17-11-8-12-18-27)31(36)24-35(40(4,38)39)29-20-14-13-19-28(29)25(2)3/h7-20,25,30H,5-6,21-24H2,1-4H3,(H,33,37)/t30-/m0/s1. The van der Waals surface area contributed by atoms with Gasteiger partial charge in [-0.2, -0.15) is 0 Å². The van der Waals surface area contributed by atoms with Crippen LogP contribution in [0.5, 0.6) is 0 Å². The maximum atomic E-state index is 14.2. The summed E-state index contributed by atoms with van der Waals surface area (Å²) in [7, 11) is -3.81. The molecule has 0 saturated heterocycles. The summed E-state index contributed by atoms with van der Waals surface area (Å²) >= 11 is 0. The van der Waals surface area contributed by atoms with Crippen molar-refractivity contribution in [3.05, 3.63) is 102 Å². The van der Waals surface area contributed by atoms with Crippen molar-refractivity contribution in [3.63, 3.8) is 0 Å². The summed E-state index contributed by atoms with van der Waals surface area (Å²) in [6.07, 6.45) is 3.16. The first-order valence-electron chi connectivity index (χ1n) is 13.8. The highest BCUT2D eigenvalue weighted by Gasteiger charge is 2.33. The molecule has 1 N–H and O–H groups in total. The van der Waals surface area contributed by atoms with Gasteiger partial charge in [-0.05, 0) is 35.1 Å². The number of anilines is 1. The van der Waals surface area contributed by atoms with Crippen LogP contribution in [0, 0.1) is 0 Å². The molecular weight excluding hydrogens is 522 g/mol. The molecule has 2 amide bonds. The van der Waals surface area contributed by atoms with Crippen molar-refractivity contribution in [1.29, 1.82) is 0 Å². The van der Waals surface area contributed by atoms with Crippen molar-refractivity contribution in [2.45, 2.75) is 58.5 Å². The fraction of sp³-hybridized carbons (Fsp3) is 0.375. The first-order chi connectivity index (χ1) is 19.1. The van der Waals surface area contributed by atoms with Crippen molar-refractivity contribution in [2.75, 3.05) is 23.7 Å². The van der Waals surface area contributed by atoms with Crippen molar-refractivity contribution < 1.29 is 18.0 Å². The topological polar surface area (TPSA) is 86.8 Å². The number of benzene rings is 3. The SMILES string of the molecule is CCCCNC(=O)[C@H](Cc1ccccc1)N(Cc1ccccc1)C(=O)CN(c1ccccc1C(C)C)S(C)(=O)=O. The number of hydrogen-bond donors (Lipinski definition) is 1. The average molecular weight is 564 g/mol. The number of nitrogens with one attached hydrogen (secondary N) is 1. The molecule has 0 aromatic heterocycles. The molecule has 3 aromatic rings. The fourth-order valence-corrected chi connectivity index (χ4v) is 5.51. The molecule has 0 bridgehead atoms. The van der Waals surface area contributed by atoms with E-state index in [1.807, 2.05) is 93.6 Å². The largest absolute Gasteiger partial charge is 0.354 e. The van der Waals surface area contributed by atoms with Gasteiger partial charge in [0.15, 0.2) is 0 Å². The summed E-state index contributed by atoms with van der Waals surface area (Å²) in [5.74, 6) is -0.652. The van der Waals surface area contributed by atoms with E-state index in [9.17, 15) is 18.0 Å². The van der Waals surface area contributed by atoms with Gasteiger partial charge in [-0.1, -0.05) is 106 Å². The lowest BCUT2D eigenvalue weighted by Crippen LogP contribution is -2.53. The summed E-state index contributed by atoms with van der Waals surface area (Å²) < 4.78 is 27.3. The number of unbranched alkanes of at least 4 members (excludes halogenated alkanes) is 1. The van der Waals surface area contributed by atoms with Gasteiger partial charge in [0.2, 0.25) is 21.8 Å². The number of nitrogens with zero attached hydrogens (tertiary/aromatic N) is 2. The van der Waals surface area contributed by atoms with E-state index in [1.54, 1.807) is 12.1 Å². The zero-order valence-corrected chi connectivity index (χ0v) is 24.7. The second kappa shape index (κ2) is 14.7. The summed E-state index contributed by atoms with van der Waals surface area (Å²) in [6, 6.07) is 25.4. The first kappa shape index (κ1) is 30.9. The third-order valence-electron chi connectivity index (χ3n) is 6.80. The number of para-hydroxylation sites is 1. The van der Waals surface area contributed by atoms with Crippen LogP contribution in [-0.4, -0.2) is 50.5 Å². The van der Waals surface area contributed by atoms with E-state index in [0.717, 1.165) is 40.1 Å². The maximum absolute atomic E-state index is 14.2. The number of carbonyl (C=O) groups is 2. The highest BCUT2D eigenvalue weighted by atomic mass is 32.2. The Bertz CT molecular complexity index is 1340. The van der Waals surface area contributed by atoms with Gasteiger partial charge in [-0.3, -0.25) is 13.9 Å². The average Bonchev–Trinajstić information content (AvgIpc) is 2.94. The van der Waals surface area contributed by atoms with Gasteiger partial charge in [0.1, 0.15) is 12.6 Å². The molecule has 7 nitrogen and oxygen atoms in total. The van der Waals surface area contributed by atoms with E-state index < -0.39 is 28.5 Å². The molecule has 8 heteroatoms. The van der Waals surface area contributed by atoms with Crippen LogP contribution in [0.25, 0.3) is 0 Å². The van der Waals surface area contributed by atoms with Crippen molar-refractivity contribution >= 4 is 27.5 Å². The lowest BCUT2D eigenvalue weighted by Gasteiger charge is -2.34. The van der Waals surface area contributed by atoms with Crippen LogP contribution in [0.15, 0.2) is 84.9 Å². The smallest absolute Gasteiger partial charge is 0.244 e. The van der Waals surface area contributed by atoms with Gasteiger partial charge >= 0.3 is 0 Å². The second-order valence-electron chi connectivity index (χ2n) is 10.3. The van der Waals surface area contributed by atoms with E-state index >= 15 is 0 Å². The van der Waals surface area contributed by atoms with Crippen molar-refractivity contribution in [2.24, 2.45) is 0 Å². The quantitative estimate of drug-likeness (QED) is 0.276. The predicted molar refractivity (Wildman–Crippen MR) is 162 cm³/mol. The lowest BCUT2D eigenvalue weighted by molar-refractivity contribution is -0.140. The molecule has 1 atom stereocenters. The molecular formula is C32H41N3O4S. The molecule has 0 aliphatic heterocycles. The Labute approximate surface area is 239 Å². The third-order valence-corrected chi connectivity index (χ3v) is 7.93. The molecule has 0 saturated carbocycles. The van der Waals surface area contributed by atoms with Crippen molar-refractivity contribution in [1.82, 2.24) is 10.2 Å². The summed E-state index contributed by atoms with van der Waals surface area (Å²) in [4.78, 5) is 29.3. The van der Waals surface area contributed by atoms with E-state index in [2.05, 4.69) is 5.32 Å². The Hall–Kier alpha value is -3.65. The van der Waals surface area contributed by atoms with E-state index in [-0.39, 0.29) is 18.4 Å². The number of rotatable bonds is 14.